The van der Waals surface area contributed by atoms with Crippen molar-refractivity contribution in [1.29, 1.82) is 0 Å². The van der Waals surface area contributed by atoms with Crippen molar-refractivity contribution >= 4 is 0 Å². The van der Waals surface area contributed by atoms with Crippen LogP contribution in [0.1, 0.15) is 33.1 Å². The summed E-state index contributed by atoms with van der Waals surface area (Å²) in [5, 5.41) is 3.48. The van der Waals surface area contributed by atoms with E-state index in [0.717, 1.165) is 26.1 Å². The van der Waals surface area contributed by atoms with E-state index in [2.05, 4.69) is 19.2 Å². The molecule has 3 unspecified atom stereocenters. The molecule has 0 amide bonds. The lowest BCUT2D eigenvalue weighted by Gasteiger charge is -2.14. The molecule has 14 heavy (non-hydrogen) atoms. The van der Waals surface area contributed by atoms with Crippen LogP contribution in [-0.2, 0) is 4.74 Å². The fraction of sp³-hybridized carbons (Fsp3) is 1.00. The van der Waals surface area contributed by atoms with Gasteiger partial charge in [0, 0.05) is 19.2 Å². The lowest BCUT2D eigenvalue weighted by Crippen LogP contribution is -2.28. The summed E-state index contributed by atoms with van der Waals surface area (Å²) in [6.45, 7) is 7.35. The fourth-order valence-electron chi connectivity index (χ4n) is 1.88. The van der Waals surface area contributed by atoms with Gasteiger partial charge in [-0.1, -0.05) is 0 Å². The molecule has 84 valence electrons. The minimum atomic E-state index is 0.338. The smallest absolute Gasteiger partial charge is 0.0588 e. The molecule has 0 bridgehead atoms. The summed E-state index contributed by atoms with van der Waals surface area (Å²) in [6, 6.07) is 0.338. The van der Waals surface area contributed by atoms with Gasteiger partial charge in [0.15, 0.2) is 0 Å². The predicted molar refractivity (Wildman–Crippen MR) is 59.3 cm³/mol. The van der Waals surface area contributed by atoms with E-state index in [1.807, 2.05) is 0 Å². The van der Waals surface area contributed by atoms with Gasteiger partial charge in [-0.05, 0) is 45.6 Å². The van der Waals surface area contributed by atoms with Crippen LogP contribution < -0.4 is 11.1 Å². The average molecular weight is 200 g/mol. The maximum atomic E-state index is 5.67. The van der Waals surface area contributed by atoms with Crippen LogP contribution in [0.4, 0.5) is 0 Å². The van der Waals surface area contributed by atoms with Gasteiger partial charge in [0.2, 0.25) is 0 Å². The highest BCUT2D eigenvalue weighted by Gasteiger charge is 2.23. The Hall–Kier alpha value is -0.120. The van der Waals surface area contributed by atoms with E-state index in [1.165, 1.54) is 12.8 Å². The molecule has 0 aromatic carbocycles. The zero-order valence-electron chi connectivity index (χ0n) is 9.46. The Balaban J connectivity index is 1.93. The third-order valence-electron chi connectivity index (χ3n) is 2.95. The van der Waals surface area contributed by atoms with Gasteiger partial charge < -0.3 is 15.8 Å². The van der Waals surface area contributed by atoms with Gasteiger partial charge in [0.25, 0.3) is 0 Å². The molecule has 0 spiro atoms. The molecular formula is C11H24N2O. The normalized spacial score (nSPS) is 29.4. The van der Waals surface area contributed by atoms with E-state index in [0.29, 0.717) is 18.1 Å². The molecule has 3 atom stereocenters. The number of hydrogen-bond acceptors (Lipinski definition) is 3. The Morgan fingerprint density at radius 2 is 2.36 bits per heavy atom. The van der Waals surface area contributed by atoms with E-state index in [-0.39, 0.29) is 0 Å². The third kappa shape index (κ3) is 4.40. The molecule has 1 rings (SSSR count). The van der Waals surface area contributed by atoms with Crippen LogP contribution in [0.15, 0.2) is 0 Å². The van der Waals surface area contributed by atoms with E-state index in [1.54, 1.807) is 0 Å². The van der Waals surface area contributed by atoms with Crippen LogP contribution in [-0.4, -0.2) is 31.8 Å². The van der Waals surface area contributed by atoms with Crippen LogP contribution in [0.5, 0.6) is 0 Å². The second-order valence-electron chi connectivity index (χ2n) is 4.45. The number of hydrogen-bond donors (Lipinski definition) is 2. The fourth-order valence-corrected chi connectivity index (χ4v) is 1.88. The molecule has 1 saturated heterocycles. The predicted octanol–water partition coefficient (Wildman–Crippen LogP) is 1.13. The molecule has 0 aromatic rings. The molecule has 1 aliphatic heterocycles. The van der Waals surface area contributed by atoms with Crippen molar-refractivity contribution in [3.05, 3.63) is 0 Å². The molecule has 3 nitrogen and oxygen atoms in total. The maximum absolute atomic E-state index is 5.67. The highest BCUT2D eigenvalue weighted by atomic mass is 16.5. The maximum Gasteiger partial charge on any atom is 0.0588 e. The van der Waals surface area contributed by atoms with Gasteiger partial charge in [-0.3, -0.25) is 0 Å². The first-order chi connectivity index (χ1) is 6.70. The summed E-state index contributed by atoms with van der Waals surface area (Å²) in [6.07, 6.45) is 3.95. The van der Waals surface area contributed by atoms with Gasteiger partial charge in [-0.2, -0.15) is 0 Å². The summed E-state index contributed by atoms with van der Waals surface area (Å²) >= 11 is 0. The summed E-state index contributed by atoms with van der Waals surface area (Å²) in [7, 11) is 0. The Morgan fingerprint density at radius 1 is 1.57 bits per heavy atom. The highest BCUT2D eigenvalue weighted by Crippen LogP contribution is 2.19. The monoisotopic (exact) mass is 200 g/mol. The van der Waals surface area contributed by atoms with Crippen LogP contribution in [0.25, 0.3) is 0 Å². The number of rotatable bonds is 6. The Morgan fingerprint density at radius 3 is 2.93 bits per heavy atom. The van der Waals surface area contributed by atoms with E-state index >= 15 is 0 Å². The van der Waals surface area contributed by atoms with E-state index in [9.17, 15) is 0 Å². The van der Waals surface area contributed by atoms with Crippen molar-refractivity contribution < 1.29 is 4.74 Å². The quantitative estimate of drug-likeness (QED) is 0.632. The van der Waals surface area contributed by atoms with Crippen LogP contribution in [0.3, 0.4) is 0 Å². The van der Waals surface area contributed by atoms with Crippen molar-refractivity contribution in [3.63, 3.8) is 0 Å². The topological polar surface area (TPSA) is 47.3 Å². The molecule has 1 fully saturated rings. The van der Waals surface area contributed by atoms with Crippen LogP contribution in [0.2, 0.25) is 0 Å². The first kappa shape index (κ1) is 12.0. The van der Waals surface area contributed by atoms with E-state index < -0.39 is 0 Å². The van der Waals surface area contributed by atoms with Gasteiger partial charge >= 0.3 is 0 Å². The standard InChI is InChI=1S/C11H24N2O/c1-9(12)4-3-6-13-8-11-5-7-14-10(11)2/h9-11,13H,3-8,12H2,1-2H3. The molecular weight excluding hydrogens is 176 g/mol. The summed E-state index contributed by atoms with van der Waals surface area (Å²) in [5.41, 5.74) is 5.67. The minimum Gasteiger partial charge on any atom is -0.378 e. The second kappa shape index (κ2) is 6.38. The van der Waals surface area contributed by atoms with Crippen molar-refractivity contribution in [2.24, 2.45) is 11.7 Å². The van der Waals surface area contributed by atoms with Gasteiger partial charge in [0.05, 0.1) is 6.10 Å². The largest absolute Gasteiger partial charge is 0.378 e. The summed E-state index contributed by atoms with van der Waals surface area (Å²) in [4.78, 5) is 0. The molecule has 1 aliphatic rings. The van der Waals surface area contributed by atoms with Gasteiger partial charge in [0.1, 0.15) is 0 Å². The first-order valence-electron chi connectivity index (χ1n) is 5.78. The third-order valence-corrected chi connectivity index (χ3v) is 2.95. The number of nitrogens with two attached hydrogens (primary N) is 1. The van der Waals surface area contributed by atoms with Crippen molar-refractivity contribution in [2.45, 2.75) is 45.3 Å². The Bertz CT molecular complexity index is 150. The molecule has 1 heterocycles. The molecule has 0 radical (unpaired) electrons. The Kier molecular flexibility index (Phi) is 5.45. The van der Waals surface area contributed by atoms with Crippen LogP contribution >= 0.6 is 0 Å². The minimum absolute atomic E-state index is 0.338. The van der Waals surface area contributed by atoms with Gasteiger partial charge in [-0.15, -0.1) is 0 Å². The molecule has 0 aromatic heterocycles. The lowest BCUT2D eigenvalue weighted by atomic mass is 10.0. The zero-order valence-corrected chi connectivity index (χ0v) is 9.46. The first-order valence-corrected chi connectivity index (χ1v) is 5.78. The molecule has 3 N–H and O–H groups in total. The number of ether oxygens (including phenoxy) is 1. The Labute approximate surface area is 87.4 Å². The SMILES string of the molecule is CC(N)CCCNCC1CCOC1C. The van der Waals surface area contributed by atoms with Crippen LogP contribution in [0, 0.1) is 5.92 Å². The molecule has 0 saturated carbocycles. The van der Waals surface area contributed by atoms with Crippen molar-refractivity contribution in [1.82, 2.24) is 5.32 Å². The second-order valence-corrected chi connectivity index (χ2v) is 4.45. The van der Waals surface area contributed by atoms with E-state index in [4.69, 9.17) is 10.5 Å². The average Bonchev–Trinajstić information content (AvgIpc) is 2.51. The molecule has 3 heteroatoms. The summed E-state index contributed by atoms with van der Waals surface area (Å²) in [5.74, 6) is 0.713. The number of nitrogens with one attached hydrogen (secondary N) is 1. The summed E-state index contributed by atoms with van der Waals surface area (Å²) < 4.78 is 5.50. The van der Waals surface area contributed by atoms with Crippen molar-refractivity contribution in [3.8, 4) is 0 Å². The van der Waals surface area contributed by atoms with Gasteiger partial charge in [-0.25, -0.2) is 0 Å². The molecule has 0 aliphatic carbocycles. The zero-order chi connectivity index (χ0) is 10.4. The lowest BCUT2D eigenvalue weighted by molar-refractivity contribution is 0.105. The van der Waals surface area contributed by atoms with Crippen molar-refractivity contribution in [2.75, 3.05) is 19.7 Å². The highest BCUT2D eigenvalue weighted by molar-refractivity contribution is 4.74.